The fourth-order valence-electron chi connectivity index (χ4n) is 3.86. The molecule has 4 heteroatoms. The van der Waals surface area contributed by atoms with Gasteiger partial charge in [-0.05, 0) is 30.7 Å². The monoisotopic (exact) mass is 302 g/mol. The van der Waals surface area contributed by atoms with Gasteiger partial charge in [0.15, 0.2) is 0 Å². The van der Waals surface area contributed by atoms with E-state index in [1.807, 2.05) is 0 Å². The second-order valence-corrected chi connectivity index (χ2v) is 7.15. The number of fused-ring (bicyclic) bond motifs is 1. The number of rotatable bonds is 3. The Labute approximate surface area is 132 Å². The summed E-state index contributed by atoms with van der Waals surface area (Å²) in [6.07, 6.45) is 4.50. The minimum Gasteiger partial charge on any atom is -0.487 e. The van der Waals surface area contributed by atoms with Crippen LogP contribution >= 0.6 is 0 Å². The Morgan fingerprint density at radius 2 is 2.18 bits per heavy atom. The van der Waals surface area contributed by atoms with E-state index in [2.05, 4.69) is 35.5 Å². The number of hydrogen-bond donors (Lipinski definition) is 1. The van der Waals surface area contributed by atoms with E-state index in [-0.39, 0.29) is 5.60 Å². The Morgan fingerprint density at radius 1 is 1.32 bits per heavy atom. The Bertz CT molecular complexity index is 532. The van der Waals surface area contributed by atoms with Gasteiger partial charge in [0.2, 0.25) is 0 Å². The molecule has 0 aliphatic carbocycles. The van der Waals surface area contributed by atoms with Crippen LogP contribution in [-0.4, -0.2) is 49.9 Å². The first kappa shape index (κ1) is 14.5. The molecule has 1 atom stereocenters. The van der Waals surface area contributed by atoms with E-state index < -0.39 is 0 Å². The molecular weight excluding hydrogens is 276 g/mol. The lowest BCUT2D eigenvalue weighted by Crippen LogP contribution is -2.45. The molecule has 0 bridgehead atoms. The summed E-state index contributed by atoms with van der Waals surface area (Å²) >= 11 is 0. The van der Waals surface area contributed by atoms with Crippen molar-refractivity contribution in [2.75, 3.05) is 33.4 Å². The van der Waals surface area contributed by atoms with E-state index >= 15 is 0 Å². The molecule has 1 N–H and O–H groups in total. The minimum atomic E-state index is 0.0696. The zero-order valence-electron chi connectivity index (χ0n) is 13.4. The summed E-state index contributed by atoms with van der Waals surface area (Å²) in [5, 5.41) is 3.59. The van der Waals surface area contributed by atoms with Gasteiger partial charge in [-0.25, -0.2) is 0 Å². The number of hydrogen-bond acceptors (Lipinski definition) is 4. The van der Waals surface area contributed by atoms with E-state index in [4.69, 9.17) is 9.47 Å². The summed E-state index contributed by atoms with van der Waals surface area (Å²) in [7, 11) is 2.20. The minimum absolute atomic E-state index is 0.0696. The molecule has 120 valence electrons. The molecule has 3 aliphatic heterocycles. The average Bonchev–Trinajstić information content (AvgIpc) is 3.15. The fraction of sp³-hybridized carbons (Fsp3) is 0.667. The Hall–Kier alpha value is -1.10. The highest BCUT2D eigenvalue weighted by Crippen LogP contribution is 2.41. The predicted molar refractivity (Wildman–Crippen MR) is 86.3 cm³/mol. The van der Waals surface area contributed by atoms with Gasteiger partial charge in [0, 0.05) is 51.5 Å². The molecule has 1 aromatic rings. The van der Waals surface area contributed by atoms with E-state index in [0.717, 1.165) is 64.3 Å². The van der Waals surface area contributed by atoms with Crippen LogP contribution in [0.25, 0.3) is 0 Å². The molecule has 3 heterocycles. The van der Waals surface area contributed by atoms with Crippen molar-refractivity contribution < 1.29 is 9.47 Å². The normalized spacial score (nSPS) is 27.0. The van der Waals surface area contributed by atoms with Crippen molar-refractivity contribution in [2.24, 2.45) is 0 Å². The second-order valence-electron chi connectivity index (χ2n) is 7.15. The van der Waals surface area contributed by atoms with Crippen LogP contribution in [0.1, 0.15) is 30.4 Å². The average molecular weight is 302 g/mol. The predicted octanol–water partition coefficient (Wildman–Crippen LogP) is 1.96. The highest BCUT2D eigenvalue weighted by Gasteiger charge is 2.41. The maximum atomic E-state index is 6.35. The van der Waals surface area contributed by atoms with Crippen LogP contribution < -0.4 is 10.1 Å². The van der Waals surface area contributed by atoms with Gasteiger partial charge in [-0.3, -0.25) is 0 Å². The van der Waals surface area contributed by atoms with Gasteiger partial charge in [0.25, 0.3) is 0 Å². The van der Waals surface area contributed by atoms with Gasteiger partial charge in [0.1, 0.15) is 11.4 Å². The first-order valence-corrected chi connectivity index (χ1v) is 8.53. The lowest BCUT2D eigenvalue weighted by Gasteiger charge is -2.37. The molecule has 22 heavy (non-hydrogen) atoms. The Balaban J connectivity index is 1.41. The van der Waals surface area contributed by atoms with Crippen molar-refractivity contribution in [3.05, 3.63) is 29.3 Å². The van der Waals surface area contributed by atoms with Crippen LogP contribution in [0.15, 0.2) is 18.2 Å². The van der Waals surface area contributed by atoms with Crippen molar-refractivity contribution in [2.45, 2.75) is 43.9 Å². The lowest BCUT2D eigenvalue weighted by atomic mass is 9.87. The molecule has 2 fully saturated rings. The third-order valence-corrected chi connectivity index (χ3v) is 5.39. The number of ether oxygens (including phenoxy) is 2. The van der Waals surface area contributed by atoms with Gasteiger partial charge in [-0.2, -0.15) is 0 Å². The van der Waals surface area contributed by atoms with Crippen LogP contribution in [-0.2, 0) is 17.7 Å². The summed E-state index contributed by atoms with van der Waals surface area (Å²) in [6.45, 7) is 4.96. The molecule has 1 aromatic carbocycles. The largest absolute Gasteiger partial charge is 0.487 e. The first-order valence-electron chi connectivity index (χ1n) is 8.53. The molecule has 4 rings (SSSR count). The topological polar surface area (TPSA) is 33.7 Å². The molecule has 0 unspecified atom stereocenters. The number of likely N-dealkylation sites (tertiary alicyclic amines) is 1. The van der Waals surface area contributed by atoms with Crippen LogP contribution in [0.4, 0.5) is 0 Å². The van der Waals surface area contributed by atoms with Crippen molar-refractivity contribution in [3.8, 4) is 5.75 Å². The van der Waals surface area contributed by atoms with Gasteiger partial charge < -0.3 is 19.7 Å². The maximum absolute atomic E-state index is 6.35. The van der Waals surface area contributed by atoms with Crippen molar-refractivity contribution in [1.29, 1.82) is 0 Å². The van der Waals surface area contributed by atoms with E-state index in [1.165, 1.54) is 11.1 Å². The van der Waals surface area contributed by atoms with Crippen molar-refractivity contribution in [3.63, 3.8) is 0 Å². The highest BCUT2D eigenvalue weighted by molar-refractivity contribution is 5.42. The second kappa shape index (κ2) is 5.84. The number of benzene rings is 1. The van der Waals surface area contributed by atoms with Crippen molar-refractivity contribution >= 4 is 0 Å². The van der Waals surface area contributed by atoms with Crippen LogP contribution in [0.5, 0.6) is 5.75 Å². The molecule has 0 aromatic heterocycles. The fourth-order valence-corrected chi connectivity index (χ4v) is 3.86. The molecule has 4 nitrogen and oxygen atoms in total. The van der Waals surface area contributed by atoms with E-state index in [0.29, 0.717) is 6.04 Å². The summed E-state index contributed by atoms with van der Waals surface area (Å²) in [5.41, 5.74) is 2.82. The Kier molecular flexibility index (Phi) is 3.84. The van der Waals surface area contributed by atoms with Gasteiger partial charge in [0.05, 0.1) is 6.61 Å². The van der Waals surface area contributed by atoms with E-state index in [9.17, 15) is 0 Å². The van der Waals surface area contributed by atoms with Gasteiger partial charge >= 0.3 is 0 Å². The lowest BCUT2D eigenvalue weighted by molar-refractivity contribution is 0.0271. The summed E-state index contributed by atoms with van der Waals surface area (Å²) < 4.78 is 11.8. The van der Waals surface area contributed by atoms with Gasteiger partial charge in [-0.1, -0.05) is 12.1 Å². The zero-order valence-corrected chi connectivity index (χ0v) is 13.4. The Morgan fingerprint density at radius 3 is 2.95 bits per heavy atom. The third kappa shape index (κ3) is 2.87. The molecular formula is C18H26N2O2. The number of nitrogens with zero attached hydrogens (tertiary/aromatic N) is 1. The molecule has 1 spiro atoms. The van der Waals surface area contributed by atoms with Crippen molar-refractivity contribution in [1.82, 2.24) is 10.2 Å². The smallest absolute Gasteiger partial charge is 0.123 e. The SMILES string of the molecule is CN1CCC2(CC1)Cc1cc(CN[C@H]3CCOC3)ccc1O2. The highest BCUT2D eigenvalue weighted by atomic mass is 16.5. The zero-order chi connectivity index (χ0) is 15.0. The quantitative estimate of drug-likeness (QED) is 0.925. The molecule has 2 saturated heterocycles. The van der Waals surface area contributed by atoms with E-state index in [1.54, 1.807) is 0 Å². The summed E-state index contributed by atoms with van der Waals surface area (Å²) in [6, 6.07) is 7.23. The van der Waals surface area contributed by atoms with Crippen LogP contribution in [0.2, 0.25) is 0 Å². The summed E-state index contributed by atoms with van der Waals surface area (Å²) in [4.78, 5) is 2.40. The number of piperidine rings is 1. The third-order valence-electron chi connectivity index (χ3n) is 5.39. The standard InChI is InChI=1S/C18H26N2O2/c1-20-7-5-18(6-8-20)11-15-10-14(2-3-17(15)22-18)12-19-16-4-9-21-13-16/h2-3,10,16,19H,4-9,11-13H2,1H3/t16-/m0/s1. The molecule has 0 amide bonds. The first-order chi connectivity index (χ1) is 10.7. The molecule has 3 aliphatic rings. The maximum Gasteiger partial charge on any atom is 0.123 e. The molecule has 0 saturated carbocycles. The summed E-state index contributed by atoms with van der Waals surface area (Å²) in [5.74, 6) is 1.11. The van der Waals surface area contributed by atoms with Crippen LogP contribution in [0.3, 0.4) is 0 Å². The van der Waals surface area contributed by atoms with Crippen LogP contribution in [0, 0.1) is 0 Å². The molecule has 0 radical (unpaired) electrons. The number of nitrogens with one attached hydrogen (secondary N) is 1. The van der Waals surface area contributed by atoms with Gasteiger partial charge in [-0.15, -0.1) is 0 Å².